The van der Waals surface area contributed by atoms with Gasteiger partial charge in [-0.3, -0.25) is 0 Å². The Balaban J connectivity index is 2.49. The van der Waals surface area contributed by atoms with Gasteiger partial charge in [0, 0.05) is 6.58 Å². The number of hydrogen-bond donors (Lipinski definition) is 0. The quantitative estimate of drug-likeness (QED) is 0.417. The van der Waals surface area contributed by atoms with E-state index in [4.69, 9.17) is 4.84 Å². The van der Waals surface area contributed by atoms with E-state index in [2.05, 4.69) is 17.0 Å². The van der Waals surface area contributed by atoms with Crippen LogP contribution in [0, 0.1) is 10.1 Å². The first kappa shape index (κ1) is 9.85. The molecule has 0 spiro atoms. The van der Waals surface area contributed by atoms with E-state index in [1.807, 2.05) is 0 Å². The minimum absolute atomic E-state index is 0.451. The van der Waals surface area contributed by atoms with E-state index in [-0.39, 0.29) is 0 Å². The highest BCUT2D eigenvalue weighted by Crippen LogP contribution is 2.08. The van der Waals surface area contributed by atoms with Crippen molar-refractivity contribution in [3.8, 4) is 5.75 Å². The van der Waals surface area contributed by atoms with E-state index < -0.39 is 10.7 Å². The van der Waals surface area contributed by atoms with E-state index in [9.17, 15) is 10.1 Å². The molecule has 0 saturated heterocycles. The fraction of sp³-hybridized carbons (Fsp3) is 0. The number of nitro groups is 1. The molecule has 0 aliphatic heterocycles. The van der Waals surface area contributed by atoms with Crippen LogP contribution in [0.4, 0.5) is 0 Å². The second-order valence-corrected chi connectivity index (χ2v) is 2.26. The molecule has 0 atom stereocenters. The molecule has 6 heteroatoms. The maximum absolute atomic E-state index is 10.0. The first-order chi connectivity index (χ1) is 6.70. The Hall–Kier alpha value is -2.24. The second-order valence-electron chi connectivity index (χ2n) is 2.26. The van der Waals surface area contributed by atoms with Crippen molar-refractivity contribution in [2.45, 2.75) is 0 Å². The molecule has 0 aliphatic rings. The summed E-state index contributed by atoms with van der Waals surface area (Å²) in [4.78, 5) is 14.0. The molecule has 1 rings (SSSR count). The molecule has 14 heavy (non-hydrogen) atoms. The molecule has 0 unspecified atom stereocenters. The van der Waals surface area contributed by atoms with Gasteiger partial charge >= 0.3 is 5.82 Å². The van der Waals surface area contributed by atoms with Gasteiger partial charge in [-0.05, 0) is 17.1 Å². The summed E-state index contributed by atoms with van der Waals surface area (Å²) in [7, 11) is 0. The zero-order valence-corrected chi connectivity index (χ0v) is 7.16. The van der Waals surface area contributed by atoms with Crippen molar-refractivity contribution in [1.29, 1.82) is 0 Å². The number of rotatable bonds is 4. The van der Waals surface area contributed by atoms with E-state index in [1.54, 1.807) is 30.3 Å². The maximum atomic E-state index is 10.0. The molecule has 0 saturated carbocycles. The Morgan fingerprint density at radius 3 is 2.64 bits per heavy atom. The van der Waals surface area contributed by atoms with Crippen molar-refractivity contribution >= 4 is 0 Å². The minimum atomic E-state index is -0.752. The first-order valence-electron chi connectivity index (χ1n) is 3.66. The molecule has 0 aromatic heterocycles. The Bertz CT molecular complexity index is 361. The monoisotopic (exact) mass is 193 g/mol. The summed E-state index contributed by atoms with van der Waals surface area (Å²) in [6.07, 6.45) is 0. The second kappa shape index (κ2) is 4.70. The van der Waals surface area contributed by atoms with Crippen molar-refractivity contribution in [3.63, 3.8) is 0 Å². The Morgan fingerprint density at radius 2 is 2.07 bits per heavy atom. The molecule has 0 N–H and O–H groups in total. The predicted molar refractivity (Wildman–Crippen MR) is 48.1 cm³/mol. The number of para-hydroxylation sites is 1. The van der Waals surface area contributed by atoms with E-state index >= 15 is 0 Å². The van der Waals surface area contributed by atoms with Crippen LogP contribution in [0.3, 0.4) is 0 Å². The van der Waals surface area contributed by atoms with Crippen LogP contribution >= 0.6 is 0 Å². The normalized spacial score (nSPS) is 10.0. The van der Waals surface area contributed by atoms with Gasteiger partial charge in [-0.1, -0.05) is 18.2 Å². The Kier molecular flexibility index (Phi) is 3.31. The molecule has 0 fully saturated rings. The third kappa shape index (κ3) is 3.02. The molecule has 0 amide bonds. The molecule has 1 aromatic carbocycles. The predicted octanol–water partition coefficient (Wildman–Crippen LogP) is 2.18. The van der Waals surface area contributed by atoms with Crippen LogP contribution in [0.5, 0.6) is 5.75 Å². The van der Waals surface area contributed by atoms with Crippen molar-refractivity contribution in [1.82, 2.24) is 0 Å². The van der Waals surface area contributed by atoms with E-state index in [1.165, 1.54) is 0 Å². The summed E-state index contributed by atoms with van der Waals surface area (Å²) >= 11 is 0. The zero-order valence-electron chi connectivity index (χ0n) is 7.16. The lowest BCUT2D eigenvalue weighted by Gasteiger charge is -1.91. The zero-order chi connectivity index (χ0) is 10.4. The van der Waals surface area contributed by atoms with Crippen molar-refractivity contribution in [2.75, 3.05) is 0 Å². The summed E-state index contributed by atoms with van der Waals surface area (Å²) in [6, 6.07) is 8.59. The smallest absolute Gasteiger partial charge is 0.358 e. The van der Waals surface area contributed by atoms with Gasteiger partial charge in [0.2, 0.25) is 0 Å². The number of hydrogen-bond acceptors (Lipinski definition) is 5. The topological polar surface area (TPSA) is 77.1 Å². The van der Waals surface area contributed by atoms with Crippen LogP contribution in [0.15, 0.2) is 53.1 Å². The lowest BCUT2D eigenvalue weighted by molar-refractivity contribution is -0.426. The van der Waals surface area contributed by atoms with Gasteiger partial charge in [-0.2, -0.15) is 0 Å². The van der Waals surface area contributed by atoms with Gasteiger partial charge in [0.1, 0.15) is 5.11 Å². The molecule has 0 heterocycles. The number of nitrogens with zero attached hydrogens (tertiary/aromatic N) is 3. The van der Waals surface area contributed by atoms with Crippen LogP contribution in [0.25, 0.3) is 0 Å². The summed E-state index contributed by atoms with van der Waals surface area (Å²) in [6.45, 7) is 3.05. The van der Waals surface area contributed by atoms with Gasteiger partial charge in [-0.25, -0.2) is 0 Å². The van der Waals surface area contributed by atoms with E-state index in [0.717, 1.165) is 0 Å². The molecule has 0 bridgehead atoms. The third-order valence-electron chi connectivity index (χ3n) is 1.26. The van der Waals surface area contributed by atoms with Gasteiger partial charge in [0.25, 0.3) is 0 Å². The van der Waals surface area contributed by atoms with Crippen LogP contribution in [-0.2, 0) is 0 Å². The Labute approximate surface area is 79.6 Å². The molecule has 0 aliphatic carbocycles. The standard InChI is InChI=1S/C8H7N3O3/c1-7(11(12)13)9-10-14-8-5-3-2-4-6-8/h2-6H,1H2. The minimum Gasteiger partial charge on any atom is -0.358 e. The summed E-state index contributed by atoms with van der Waals surface area (Å²) in [5.74, 6) is -0.117. The fourth-order valence-electron chi connectivity index (χ4n) is 0.633. The summed E-state index contributed by atoms with van der Waals surface area (Å²) in [5, 5.41) is 16.3. The van der Waals surface area contributed by atoms with E-state index in [0.29, 0.717) is 5.75 Å². The molecule has 0 radical (unpaired) electrons. The van der Waals surface area contributed by atoms with Crippen LogP contribution in [0.1, 0.15) is 0 Å². The Morgan fingerprint density at radius 1 is 1.43 bits per heavy atom. The van der Waals surface area contributed by atoms with Gasteiger partial charge in [0.05, 0.1) is 0 Å². The lowest BCUT2D eigenvalue weighted by atomic mass is 10.3. The van der Waals surface area contributed by atoms with Gasteiger partial charge < -0.3 is 15.0 Å². The fourth-order valence-corrected chi connectivity index (χ4v) is 0.633. The first-order valence-corrected chi connectivity index (χ1v) is 3.66. The molecule has 6 nitrogen and oxygen atoms in total. The highest BCUT2D eigenvalue weighted by Gasteiger charge is 2.03. The van der Waals surface area contributed by atoms with Gasteiger partial charge in [0.15, 0.2) is 11.0 Å². The third-order valence-corrected chi connectivity index (χ3v) is 1.26. The summed E-state index contributed by atoms with van der Waals surface area (Å²) in [5.41, 5.74) is 0. The van der Waals surface area contributed by atoms with Crippen molar-refractivity contribution in [3.05, 3.63) is 52.8 Å². The molecular formula is C8H7N3O3. The summed E-state index contributed by atoms with van der Waals surface area (Å²) < 4.78 is 0. The van der Waals surface area contributed by atoms with Crippen LogP contribution in [0.2, 0.25) is 0 Å². The highest BCUT2D eigenvalue weighted by atomic mass is 16.7. The average molecular weight is 193 g/mol. The largest absolute Gasteiger partial charge is 0.386 e. The maximum Gasteiger partial charge on any atom is 0.386 e. The lowest BCUT2D eigenvalue weighted by Crippen LogP contribution is -1.92. The average Bonchev–Trinajstić information content (AvgIpc) is 2.19. The van der Waals surface area contributed by atoms with Crippen molar-refractivity contribution < 1.29 is 9.76 Å². The van der Waals surface area contributed by atoms with Gasteiger partial charge in [-0.15, -0.1) is 0 Å². The molecular weight excluding hydrogens is 186 g/mol. The number of benzene rings is 1. The van der Waals surface area contributed by atoms with Crippen LogP contribution in [-0.4, -0.2) is 4.92 Å². The van der Waals surface area contributed by atoms with Crippen LogP contribution < -0.4 is 4.84 Å². The highest BCUT2D eigenvalue weighted by molar-refractivity contribution is 5.20. The molecule has 72 valence electrons. The SMILES string of the molecule is C=C(N=NOc1ccccc1)[N+](=O)[O-]. The van der Waals surface area contributed by atoms with Crippen molar-refractivity contribution in [2.24, 2.45) is 10.4 Å². The molecule has 1 aromatic rings.